The smallest absolute Gasteiger partial charge is 0.307 e. The first-order valence-corrected chi connectivity index (χ1v) is 4.67. The molecule has 0 aliphatic carbocycles. The lowest BCUT2D eigenvalue weighted by Gasteiger charge is -2.01. The zero-order valence-corrected chi connectivity index (χ0v) is 8.64. The van der Waals surface area contributed by atoms with Crippen LogP contribution in [0.4, 0.5) is 0 Å². The van der Waals surface area contributed by atoms with E-state index in [-0.39, 0.29) is 23.5 Å². The van der Waals surface area contributed by atoms with Crippen LogP contribution in [0.3, 0.4) is 0 Å². The predicted molar refractivity (Wildman–Crippen MR) is 54.8 cm³/mol. The van der Waals surface area contributed by atoms with Gasteiger partial charge in [-0.25, -0.2) is 9.97 Å². The first-order valence-electron chi connectivity index (χ1n) is 4.67. The van der Waals surface area contributed by atoms with E-state index in [1.165, 1.54) is 19.8 Å². The van der Waals surface area contributed by atoms with Crippen LogP contribution in [-0.2, 0) is 16.1 Å². The molecule has 0 aromatic carbocycles. The lowest BCUT2D eigenvalue weighted by atomic mass is 10.4. The van der Waals surface area contributed by atoms with Crippen molar-refractivity contribution in [3.63, 3.8) is 0 Å². The van der Waals surface area contributed by atoms with E-state index in [2.05, 4.69) is 19.7 Å². The van der Waals surface area contributed by atoms with E-state index in [1.807, 2.05) is 0 Å². The monoisotopic (exact) mass is 222 g/mol. The molecule has 0 spiro atoms. The van der Waals surface area contributed by atoms with Crippen molar-refractivity contribution in [2.75, 3.05) is 7.11 Å². The molecule has 2 aromatic rings. The summed E-state index contributed by atoms with van der Waals surface area (Å²) in [6.07, 6.45) is 3.01. The molecule has 2 rings (SSSR count). The summed E-state index contributed by atoms with van der Waals surface area (Å²) in [7, 11) is 1.33. The SMILES string of the molecule is COC(=O)CCn1cnc2c(=O)[nH]cnc21. The highest BCUT2D eigenvalue weighted by molar-refractivity contribution is 5.71. The topological polar surface area (TPSA) is 89.9 Å². The molecule has 0 saturated heterocycles. The van der Waals surface area contributed by atoms with Crippen molar-refractivity contribution < 1.29 is 9.53 Å². The Morgan fingerprint density at radius 2 is 2.38 bits per heavy atom. The Labute approximate surface area is 90.1 Å². The molecule has 0 unspecified atom stereocenters. The molecule has 0 aliphatic heterocycles. The van der Waals surface area contributed by atoms with Crippen LogP contribution in [-0.4, -0.2) is 32.6 Å². The maximum Gasteiger partial charge on any atom is 0.307 e. The molecule has 0 saturated carbocycles. The molecule has 0 atom stereocenters. The average molecular weight is 222 g/mol. The van der Waals surface area contributed by atoms with E-state index in [0.717, 1.165) is 0 Å². The number of fused-ring (bicyclic) bond motifs is 1. The average Bonchev–Trinajstić information content (AvgIpc) is 2.70. The van der Waals surface area contributed by atoms with Gasteiger partial charge in [-0.05, 0) is 0 Å². The van der Waals surface area contributed by atoms with E-state index in [4.69, 9.17) is 0 Å². The second kappa shape index (κ2) is 4.13. The normalized spacial score (nSPS) is 10.6. The minimum absolute atomic E-state index is 0.219. The third-order valence-corrected chi connectivity index (χ3v) is 2.19. The zero-order chi connectivity index (χ0) is 11.5. The van der Waals surface area contributed by atoms with Crippen molar-refractivity contribution in [2.45, 2.75) is 13.0 Å². The number of aromatic nitrogens is 4. The van der Waals surface area contributed by atoms with E-state index in [1.54, 1.807) is 4.57 Å². The number of ether oxygens (including phenoxy) is 1. The molecule has 1 N–H and O–H groups in total. The molecule has 2 aromatic heterocycles. The molecule has 0 bridgehead atoms. The van der Waals surface area contributed by atoms with Gasteiger partial charge >= 0.3 is 5.97 Å². The highest BCUT2D eigenvalue weighted by atomic mass is 16.5. The number of hydrogen-bond acceptors (Lipinski definition) is 5. The van der Waals surface area contributed by atoms with E-state index >= 15 is 0 Å². The van der Waals surface area contributed by atoms with E-state index in [0.29, 0.717) is 12.2 Å². The summed E-state index contributed by atoms with van der Waals surface area (Å²) in [5.74, 6) is -0.313. The van der Waals surface area contributed by atoms with Crippen molar-refractivity contribution in [3.05, 3.63) is 23.0 Å². The highest BCUT2D eigenvalue weighted by Gasteiger charge is 2.08. The molecule has 2 heterocycles. The Kier molecular flexibility index (Phi) is 2.67. The van der Waals surface area contributed by atoms with Crippen molar-refractivity contribution in [1.29, 1.82) is 0 Å². The van der Waals surface area contributed by atoms with Crippen LogP contribution in [0.5, 0.6) is 0 Å². The quantitative estimate of drug-likeness (QED) is 0.719. The Morgan fingerprint density at radius 1 is 1.56 bits per heavy atom. The molecule has 7 heteroatoms. The minimum atomic E-state index is -0.313. The predicted octanol–water partition coefficient (Wildman–Crippen LogP) is -0.317. The molecule has 0 radical (unpaired) electrons. The lowest BCUT2D eigenvalue weighted by molar-refractivity contribution is -0.140. The van der Waals surface area contributed by atoms with Crippen LogP contribution >= 0.6 is 0 Å². The maximum absolute atomic E-state index is 11.3. The number of aryl methyl sites for hydroxylation is 1. The molecule has 0 aliphatic rings. The maximum atomic E-state index is 11.3. The number of methoxy groups -OCH3 is 1. The van der Waals surface area contributed by atoms with Gasteiger partial charge in [0.2, 0.25) is 0 Å². The molecule has 84 valence electrons. The number of nitrogens with zero attached hydrogens (tertiary/aromatic N) is 3. The molecule has 7 nitrogen and oxygen atoms in total. The van der Waals surface area contributed by atoms with Crippen LogP contribution in [0, 0.1) is 0 Å². The second-order valence-electron chi connectivity index (χ2n) is 3.17. The molecule has 0 fully saturated rings. The Morgan fingerprint density at radius 3 is 3.12 bits per heavy atom. The van der Waals surface area contributed by atoms with Crippen LogP contribution in [0.25, 0.3) is 11.2 Å². The lowest BCUT2D eigenvalue weighted by Crippen LogP contribution is -2.09. The number of H-pyrrole nitrogens is 1. The molecule has 0 amide bonds. The van der Waals surface area contributed by atoms with Crippen molar-refractivity contribution in [3.8, 4) is 0 Å². The van der Waals surface area contributed by atoms with Crippen LogP contribution in [0.1, 0.15) is 6.42 Å². The number of hydrogen-bond donors (Lipinski definition) is 1. The molecular weight excluding hydrogens is 212 g/mol. The van der Waals surface area contributed by atoms with Gasteiger partial charge in [-0.2, -0.15) is 0 Å². The fraction of sp³-hybridized carbons (Fsp3) is 0.333. The van der Waals surface area contributed by atoms with Gasteiger partial charge in [0.15, 0.2) is 11.2 Å². The second-order valence-corrected chi connectivity index (χ2v) is 3.17. The summed E-state index contributed by atoms with van der Waals surface area (Å²) in [5.41, 5.74) is 0.446. The highest BCUT2D eigenvalue weighted by Crippen LogP contribution is 2.04. The van der Waals surface area contributed by atoms with Crippen LogP contribution in [0.2, 0.25) is 0 Å². The first-order chi connectivity index (χ1) is 7.72. The summed E-state index contributed by atoms with van der Waals surface area (Å²) < 4.78 is 6.16. The van der Waals surface area contributed by atoms with Crippen LogP contribution < -0.4 is 5.56 Å². The first kappa shape index (κ1) is 10.3. The minimum Gasteiger partial charge on any atom is -0.469 e. The zero-order valence-electron chi connectivity index (χ0n) is 8.64. The van der Waals surface area contributed by atoms with Crippen molar-refractivity contribution >= 4 is 17.1 Å². The summed E-state index contributed by atoms with van der Waals surface area (Å²) in [5, 5.41) is 0. The number of esters is 1. The summed E-state index contributed by atoms with van der Waals surface area (Å²) in [6.45, 7) is 0.389. The van der Waals surface area contributed by atoms with Crippen molar-refractivity contribution in [1.82, 2.24) is 19.5 Å². The standard InChI is InChI=1S/C9H10N4O3/c1-16-6(14)2-3-13-5-12-7-8(13)10-4-11-9(7)15/h4-5H,2-3H2,1H3,(H,10,11,15). The Hall–Kier alpha value is -2.18. The van der Waals surface area contributed by atoms with E-state index in [9.17, 15) is 9.59 Å². The fourth-order valence-electron chi connectivity index (χ4n) is 1.37. The van der Waals surface area contributed by atoms with Gasteiger partial charge in [0.1, 0.15) is 0 Å². The number of imidazole rings is 1. The summed E-state index contributed by atoms with van der Waals surface area (Å²) >= 11 is 0. The fourth-order valence-corrected chi connectivity index (χ4v) is 1.37. The Balaban J connectivity index is 2.29. The van der Waals surface area contributed by atoms with Gasteiger partial charge < -0.3 is 14.3 Å². The number of carbonyl (C=O) groups excluding carboxylic acids is 1. The van der Waals surface area contributed by atoms with Gasteiger partial charge in [0.05, 0.1) is 26.2 Å². The largest absolute Gasteiger partial charge is 0.469 e. The number of nitrogens with one attached hydrogen (secondary N) is 1. The van der Waals surface area contributed by atoms with Gasteiger partial charge in [-0.3, -0.25) is 9.59 Å². The van der Waals surface area contributed by atoms with Gasteiger partial charge in [0.25, 0.3) is 5.56 Å². The summed E-state index contributed by atoms with van der Waals surface area (Å²) in [4.78, 5) is 32.6. The Bertz CT molecular complexity index is 571. The molecular formula is C9H10N4O3. The number of aromatic amines is 1. The van der Waals surface area contributed by atoms with Gasteiger partial charge in [0, 0.05) is 6.54 Å². The van der Waals surface area contributed by atoms with Crippen LogP contribution in [0.15, 0.2) is 17.4 Å². The third kappa shape index (κ3) is 1.79. The van der Waals surface area contributed by atoms with E-state index < -0.39 is 0 Å². The van der Waals surface area contributed by atoms with Gasteiger partial charge in [-0.1, -0.05) is 0 Å². The number of rotatable bonds is 3. The number of carbonyl (C=O) groups is 1. The third-order valence-electron chi connectivity index (χ3n) is 2.19. The van der Waals surface area contributed by atoms with Crippen molar-refractivity contribution in [2.24, 2.45) is 0 Å². The molecule has 16 heavy (non-hydrogen) atoms. The van der Waals surface area contributed by atoms with Gasteiger partial charge in [-0.15, -0.1) is 0 Å². The summed E-state index contributed by atoms with van der Waals surface area (Å²) in [6, 6.07) is 0.